The summed E-state index contributed by atoms with van der Waals surface area (Å²) in [5, 5.41) is 11.5. The quantitative estimate of drug-likeness (QED) is 0.645. The number of benzene rings is 1. The molecule has 0 bridgehead atoms. The highest BCUT2D eigenvalue weighted by atomic mass is 32.2. The van der Waals surface area contributed by atoms with E-state index < -0.39 is 5.97 Å². The second-order valence-corrected chi connectivity index (χ2v) is 5.81. The van der Waals surface area contributed by atoms with Gasteiger partial charge >= 0.3 is 5.97 Å². The Hall–Kier alpha value is -2.01. The minimum Gasteiger partial charge on any atom is -0.481 e. The van der Waals surface area contributed by atoms with Crippen molar-refractivity contribution >= 4 is 29.3 Å². The van der Waals surface area contributed by atoms with E-state index in [9.17, 15) is 9.59 Å². The van der Waals surface area contributed by atoms with Crippen LogP contribution in [0, 0.1) is 5.92 Å². The fourth-order valence-corrected chi connectivity index (χ4v) is 2.64. The molecule has 0 saturated carbocycles. The number of nitrogens with one attached hydrogen (secondary N) is 1. The normalized spacial score (nSPS) is 10.2. The minimum absolute atomic E-state index is 0.0601. The molecule has 2 N–H and O–H groups in total. The standard InChI is InChI=1S/C17H21NO3S/c1-3-6-14(7-4-2)17(21)18-15-9-5-8-13(10-15)11-22-12-16(19)20/h3-5,8-10,14H,1-2,6-7,11-12H2,(H,18,21)(H,19,20). The third kappa shape index (κ3) is 6.63. The van der Waals surface area contributed by atoms with E-state index in [1.54, 1.807) is 12.2 Å². The summed E-state index contributed by atoms with van der Waals surface area (Å²) >= 11 is 1.33. The summed E-state index contributed by atoms with van der Waals surface area (Å²) in [6, 6.07) is 7.45. The Balaban J connectivity index is 2.64. The van der Waals surface area contributed by atoms with Gasteiger partial charge in [0.05, 0.1) is 5.75 Å². The first kappa shape index (κ1) is 18.0. The molecular formula is C17H21NO3S. The second kappa shape index (κ2) is 9.84. The summed E-state index contributed by atoms with van der Waals surface area (Å²) in [4.78, 5) is 22.7. The van der Waals surface area contributed by atoms with Crippen LogP contribution in [-0.2, 0) is 15.3 Å². The van der Waals surface area contributed by atoms with E-state index in [-0.39, 0.29) is 17.6 Å². The van der Waals surface area contributed by atoms with Gasteiger partial charge in [-0.3, -0.25) is 9.59 Å². The predicted molar refractivity (Wildman–Crippen MR) is 92.0 cm³/mol. The van der Waals surface area contributed by atoms with Gasteiger partial charge in [-0.15, -0.1) is 24.9 Å². The molecule has 1 aromatic rings. The Morgan fingerprint density at radius 3 is 2.55 bits per heavy atom. The van der Waals surface area contributed by atoms with Gasteiger partial charge in [0, 0.05) is 17.4 Å². The molecule has 0 aliphatic rings. The van der Waals surface area contributed by atoms with Crippen molar-refractivity contribution in [2.75, 3.05) is 11.1 Å². The fraction of sp³-hybridized carbons (Fsp3) is 0.294. The number of thioether (sulfide) groups is 1. The average molecular weight is 319 g/mol. The zero-order chi connectivity index (χ0) is 16.4. The lowest BCUT2D eigenvalue weighted by atomic mass is 10.0. The van der Waals surface area contributed by atoms with Gasteiger partial charge in [-0.1, -0.05) is 24.3 Å². The van der Waals surface area contributed by atoms with E-state index in [0.717, 1.165) is 11.3 Å². The van der Waals surface area contributed by atoms with Crippen molar-refractivity contribution < 1.29 is 14.7 Å². The zero-order valence-electron chi connectivity index (χ0n) is 12.5. The molecule has 0 aliphatic heterocycles. The van der Waals surface area contributed by atoms with E-state index >= 15 is 0 Å². The molecule has 4 nitrogen and oxygen atoms in total. The van der Waals surface area contributed by atoms with E-state index in [4.69, 9.17) is 5.11 Å². The Bertz CT molecular complexity index is 532. The molecule has 0 aromatic heterocycles. The lowest BCUT2D eigenvalue weighted by molar-refractivity contribution is -0.133. The molecule has 22 heavy (non-hydrogen) atoms. The van der Waals surface area contributed by atoms with Crippen LogP contribution >= 0.6 is 11.8 Å². The monoisotopic (exact) mass is 319 g/mol. The molecule has 0 spiro atoms. The van der Waals surface area contributed by atoms with Crippen molar-refractivity contribution in [2.45, 2.75) is 18.6 Å². The number of carbonyl (C=O) groups is 2. The number of carboxylic acids is 1. The summed E-state index contributed by atoms with van der Waals surface area (Å²) in [5.74, 6) is -0.392. The van der Waals surface area contributed by atoms with Crippen molar-refractivity contribution in [1.29, 1.82) is 0 Å². The van der Waals surface area contributed by atoms with Gasteiger partial charge in [-0.2, -0.15) is 0 Å². The lowest BCUT2D eigenvalue weighted by Gasteiger charge is -2.14. The van der Waals surface area contributed by atoms with E-state index in [1.165, 1.54) is 11.8 Å². The van der Waals surface area contributed by atoms with E-state index in [2.05, 4.69) is 18.5 Å². The molecule has 1 amide bonds. The number of carboxylic acid groups (broad SMARTS) is 1. The molecule has 118 valence electrons. The maximum Gasteiger partial charge on any atom is 0.313 e. The van der Waals surface area contributed by atoms with Crippen LogP contribution in [0.4, 0.5) is 5.69 Å². The van der Waals surface area contributed by atoms with Gasteiger partial charge in [-0.05, 0) is 30.5 Å². The van der Waals surface area contributed by atoms with Crippen molar-refractivity contribution in [3.8, 4) is 0 Å². The molecule has 0 atom stereocenters. The molecule has 0 aliphatic carbocycles. The van der Waals surface area contributed by atoms with Gasteiger partial charge in [-0.25, -0.2) is 0 Å². The Kier molecular flexibility index (Phi) is 8.07. The molecule has 0 saturated heterocycles. The topological polar surface area (TPSA) is 66.4 Å². The highest BCUT2D eigenvalue weighted by molar-refractivity contribution is 7.99. The first-order valence-corrected chi connectivity index (χ1v) is 8.13. The zero-order valence-corrected chi connectivity index (χ0v) is 13.3. The van der Waals surface area contributed by atoms with Crippen LogP contribution in [0.2, 0.25) is 0 Å². The van der Waals surface area contributed by atoms with Crippen molar-refractivity contribution in [1.82, 2.24) is 0 Å². The Morgan fingerprint density at radius 2 is 1.95 bits per heavy atom. The van der Waals surface area contributed by atoms with Crippen LogP contribution in [0.15, 0.2) is 49.6 Å². The largest absolute Gasteiger partial charge is 0.481 e. The molecule has 5 heteroatoms. The van der Waals surface area contributed by atoms with Crippen LogP contribution in [0.1, 0.15) is 18.4 Å². The van der Waals surface area contributed by atoms with E-state index in [0.29, 0.717) is 18.6 Å². The summed E-state index contributed by atoms with van der Waals surface area (Å²) < 4.78 is 0. The third-order valence-corrected chi connectivity index (χ3v) is 3.95. The number of carbonyl (C=O) groups excluding carboxylic acids is 1. The van der Waals surface area contributed by atoms with Crippen LogP contribution in [0.25, 0.3) is 0 Å². The number of aliphatic carboxylic acids is 1. The van der Waals surface area contributed by atoms with Crippen LogP contribution < -0.4 is 5.32 Å². The summed E-state index contributed by atoms with van der Waals surface area (Å²) in [7, 11) is 0. The van der Waals surface area contributed by atoms with Gasteiger partial charge < -0.3 is 10.4 Å². The second-order valence-electron chi connectivity index (χ2n) is 4.82. The first-order valence-electron chi connectivity index (χ1n) is 6.98. The SMILES string of the molecule is C=CCC(CC=C)C(=O)Nc1cccc(CSCC(=O)O)c1. The summed E-state index contributed by atoms with van der Waals surface area (Å²) in [5.41, 5.74) is 1.70. The van der Waals surface area contributed by atoms with E-state index in [1.807, 2.05) is 24.3 Å². The molecule has 0 radical (unpaired) electrons. The predicted octanol–water partition coefficient (Wildman–Crippen LogP) is 3.71. The first-order chi connectivity index (χ1) is 10.6. The maximum atomic E-state index is 12.2. The van der Waals surface area contributed by atoms with Crippen LogP contribution in [0.5, 0.6) is 0 Å². The smallest absolute Gasteiger partial charge is 0.313 e. The van der Waals surface area contributed by atoms with Crippen molar-refractivity contribution in [2.24, 2.45) is 5.92 Å². The number of allylic oxidation sites excluding steroid dienone is 2. The van der Waals surface area contributed by atoms with Crippen molar-refractivity contribution in [3.63, 3.8) is 0 Å². The minimum atomic E-state index is -0.828. The van der Waals surface area contributed by atoms with Gasteiger partial charge in [0.1, 0.15) is 0 Å². The average Bonchev–Trinajstić information content (AvgIpc) is 2.47. The number of amides is 1. The number of hydrogen-bond donors (Lipinski definition) is 2. The molecular weight excluding hydrogens is 298 g/mol. The third-order valence-electron chi connectivity index (χ3n) is 2.96. The number of rotatable bonds is 10. The molecule has 0 unspecified atom stereocenters. The highest BCUT2D eigenvalue weighted by Crippen LogP contribution is 2.19. The van der Waals surface area contributed by atoms with Gasteiger partial charge in [0.15, 0.2) is 0 Å². The van der Waals surface area contributed by atoms with Gasteiger partial charge in [0.2, 0.25) is 5.91 Å². The number of anilines is 1. The molecule has 0 heterocycles. The summed E-state index contributed by atoms with van der Waals surface area (Å²) in [6.07, 6.45) is 4.66. The summed E-state index contributed by atoms with van der Waals surface area (Å²) in [6.45, 7) is 7.34. The Morgan fingerprint density at radius 1 is 1.27 bits per heavy atom. The number of hydrogen-bond acceptors (Lipinski definition) is 3. The Labute approximate surface area is 135 Å². The maximum absolute atomic E-state index is 12.2. The van der Waals surface area contributed by atoms with Gasteiger partial charge in [0.25, 0.3) is 0 Å². The molecule has 0 fully saturated rings. The fourth-order valence-electron chi connectivity index (χ4n) is 1.95. The highest BCUT2D eigenvalue weighted by Gasteiger charge is 2.15. The van der Waals surface area contributed by atoms with Crippen LogP contribution in [-0.4, -0.2) is 22.7 Å². The van der Waals surface area contributed by atoms with Crippen LogP contribution in [0.3, 0.4) is 0 Å². The molecule has 1 aromatic carbocycles. The molecule has 1 rings (SSSR count). The van der Waals surface area contributed by atoms with Crippen molar-refractivity contribution in [3.05, 3.63) is 55.1 Å². The lowest BCUT2D eigenvalue weighted by Crippen LogP contribution is -2.22.